The van der Waals surface area contributed by atoms with Gasteiger partial charge in [-0.1, -0.05) is 11.6 Å². The van der Waals surface area contributed by atoms with Crippen molar-refractivity contribution in [1.29, 1.82) is 0 Å². The van der Waals surface area contributed by atoms with E-state index in [0.29, 0.717) is 18.0 Å². The topological polar surface area (TPSA) is 65.1 Å². The number of carboxylic acid groups (broad SMARTS) is 1. The molecule has 2 aromatic rings. The summed E-state index contributed by atoms with van der Waals surface area (Å²) < 4.78 is 0. The smallest absolute Gasteiger partial charge is 0.307 e. The van der Waals surface area contributed by atoms with E-state index in [1.165, 1.54) is 0 Å². The molecule has 1 aliphatic heterocycles. The molecule has 5 heteroatoms. The fourth-order valence-corrected chi connectivity index (χ4v) is 2.81. The molecule has 0 amide bonds. The molecule has 0 bridgehead atoms. The number of carbonyl (C=O) groups is 1. The lowest BCUT2D eigenvalue weighted by Crippen LogP contribution is -2.17. The Labute approximate surface area is 109 Å². The van der Waals surface area contributed by atoms with E-state index in [9.17, 15) is 4.79 Å². The van der Waals surface area contributed by atoms with Crippen LogP contribution in [0.3, 0.4) is 0 Å². The molecular formula is C13H13ClN2O2. The molecule has 4 nitrogen and oxygen atoms in total. The number of halogens is 1. The number of aromatic nitrogens is 1. The second kappa shape index (κ2) is 4.30. The first-order valence-electron chi connectivity index (χ1n) is 5.88. The molecule has 2 unspecified atom stereocenters. The zero-order valence-electron chi connectivity index (χ0n) is 9.61. The largest absolute Gasteiger partial charge is 0.481 e. The summed E-state index contributed by atoms with van der Waals surface area (Å²) in [5, 5.41) is 13.9. The van der Waals surface area contributed by atoms with E-state index in [0.717, 1.165) is 16.5 Å². The minimum Gasteiger partial charge on any atom is -0.481 e. The Bertz CT molecular complexity index is 608. The van der Waals surface area contributed by atoms with Crippen molar-refractivity contribution in [3.8, 4) is 0 Å². The van der Waals surface area contributed by atoms with E-state index in [1.54, 1.807) is 0 Å². The van der Waals surface area contributed by atoms with Crippen molar-refractivity contribution in [1.82, 2.24) is 10.3 Å². The van der Waals surface area contributed by atoms with Gasteiger partial charge in [-0.2, -0.15) is 0 Å². The van der Waals surface area contributed by atoms with Crippen LogP contribution in [0.1, 0.15) is 18.0 Å². The lowest BCUT2D eigenvalue weighted by Gasteiger charge is -2.11. The summed E-state index contributed by atoms with van der Waals surface area (Å²) >= 11 is 6.22. The SMILES string of the molecule is O=C(O)C1CNC(c2cc(Cl)c3cc[nH]c3c2)C1. The molecule has 2 atom stereocenters. The highest BCUT2D eigenvalue weighted by atomic mass is 35.5. The van der Waals surface area contributed by atoms with Crippen molar-refractivity contribution in [2.24, 2.45) is 5.92 Å². The van der Waals surface area contributed by atoms with Crippen LogP contribution >= 0.6 is 11.6 Å². The summed E-state index contributed by atoms with van der Waals surface area (Å²) in [7, 11) is 0. The molecule has 0 aliphatic carbocycles. The molecule has 18 heavy (non-hydrogen) atoms. The number of nitrogens with one attached hydrogen (secondary N) is 2. The number of benzene rings is 1. The lowest BCUT2D eigenvalue weighted by molar-refractivity contribution is -0.141. The van der Waals surface area contributed by atoms with Crippen LogP contribution in [0.2, 0.25) is 5.02 Å². The van der Waals surface area contributed by atoms with Gasteiger partial charge in [0.05, 0.1) is 10.9 Å². The molecule has 1 aromatic heterocycles. The fraction of sp³-hybridized carbons (Fsp3) is 0.308. The minimum atomic E-state index is -0.739. The van der Waals surface area contributed by atoms with Gasteiger partial charge in [0.25, 0.3) is 0 Å². The Morgan fingerprint density at radius 2 is 2.28 bits per heavy atom. The number of carboxylic acids is 1. The summed E-state index contributed by atoms with van der Waals surface area (Å²) in [4.78, 5) is 14.1. The van der Waals surface area contributed by atoms with E-state index in [-0.39, 0.29) is 12.0 Å². The van der Waals surface area contributed by atoms with Crippen LogP contribution in [-0.4, -0.2) is 22.6 Å². The molecule has 2 heterocycles. The van der Waals surface area contributed by atoms with Gasteiger partial charge >= 0.3 is 5.97 Å². The second-order valence-electron chi connectivity index (χ2n) is 4.67. The molecule has 0 saturated carbocycles. The normalized spacial score (nSPS) is 23.6. The van der Waals surface area contributed by atoms with Crippen LogP contribution < -0.4 is 5.32 Å². The predicted octanol–water partition coefficient (Wildman–Crippen LogP) is 2.56. The first kappa shape index (κ1) is 11.6. The van der Waals surface area contributed by atoms with Gasteiger partial charge in [-0.15, -0.1) is 0 Å². The highest BCUT2D eigenvalue weighted by Gasteiger charge is 2.30. The van der Waals surface area contributed by atoms with E-state index in [1.807, 2.05) is 24.4 Å². The van der Waals surface area contributed by atoms with Gasteiger partial charge in [0.1, 0.15) is 0 Å². The van der Waals surface area contributed by atoms with E-state index in [4.69, 9.17) is 16.7 Å². The Morgan fingerprint density at radius 1 is 1.44 bits per heavy atom. The highest BCUT2D eigenvalue weighted by molar-refractivity contribution is 6.35. The van der Waals surface area contributed by atoms with Gasteiger partial charge in [-0.3, -0.25) is 4.79 Å². The maximum atomic E-state index is 10.9. The Balaban J connectivity index is 1.93. The Hall–Kier alpha value is -1.52. The third-order valence-electron chi connectivity index (χ3n) is 3.52. The second-order valence-corrected chi connectivity index (χ2v) is 5.08. The van der Waals surface area contributed by atoms with Crippen molar-refractivity contribution in [2.75, 3.05) is 6.54 Å². The summed E-state index contributed by atoms with van der Waals surface area (Å²) in [6.45, 7) is 0.514. The third-order valence-corrected chi connectivity index (χ3v) is 3.84. The van der Waals surface area contributed by atoms with Crippen LogP contribution in [0.4, 0.5) is 0 Å². The average Bonchev–Trinajstić information content (AvgIpc) is 2.97. The molecule has 1 saturated heterocycles. The number of H-pyrrole nitrogens is 1. The van der Waals surface area contributed by atoms with Gasteiger partial charge < -0.3 is 15.4 Å². The number of hydrogen-bond acceptors (Lipinski definition) is 2. The van der Waals surface area contributed by atoms with E-state index >= 15 is 0 Å². The number of aromatic amines is 1. The number of hydrogen-bond donors (Lipinski definition) is 3. The number of rotatable bonds is 2. The fourth-order valence-electron chi connectivity index (χ4n) is 2.52. The Morgan fingerprint density at radius 3 is 3.00 bits per heavy atom. The van der Waals surface area contributed by atoms with E-state index < -0.39 is 5.97 Å². The zero-order valence-corrected chi connectivity index (χ0v) is 10.4. The van der Waals surface area contributed by atoms with Crippen molar-refractivity contribution in [3.05, 3.63) is 35.0 Å². The van der Waals surface area contributed by atoms with Crippen LogP contribution in [0, 0.1) is 5.92 Å². The van der Waals surface area contributed by atoms with Crippen LogP contribution in [0.15, 0.2) is 24.4 Å². The third kappa shape index (κ3) is 1.87. The summed E-state index contributed by atoms with van der Waals surface area (Å²) in [5.74, 6) is -1.05. The van der Waals surface area contributed by atoms with Crippen LogP contribution in [0.5, 0.6) is 0 Å². The summed E-state index contributed by atoms with van der Waals surface area (Å²) in [6, 6.07) is 5.95. The van der Waals surface area contributed by atoms with Gasteiger partial charge in [-0.25, -0.2) is 0 Å². The van der Waals surface area contributed by atoms with Crippen molar-refractivity contribution in [3.63, 3.8) is 0 Å². The monoisotopic (exact) mass is 264 g/mol. The summed E-state index contributed by atoms with van der Waals surface area (Å²) in [6.07, 6.45) is 2.46. The lowest BCUT2D eigenvalue weighted by atomic mass is 9.99. The molecule has 3 rings (SSSR count). The molecular weight excluding hydrogens is 252 g/mol. The number of fused-ring (bicyclic) bond motifs is 1. The maximum Gasteiger partial charge on any atom is 0.307 e. The maximum absolute atomic E-state index is 10.9. The van der Waals surface area contributed by atoms with Crippen molar-refractivity contribution < 1.29 is 9.90 Å². The molecule has 0 radical (unpaired) electrons. The molecule has 1 aromatic carbocycles. The zero-order chi connectivity index (χ0) is 12.7. The first-order valence-corrected chi connectivity index (χ1v) is 6.25. The Kier molecular flexibility index (Phi) is 2.76. The van der Waals surface area contributed by atoms with E-state index in [2.05, 4.69) is 10.3 Å². The van der Waals surface area contributed by atoms with Gasteiger partial charge in [0.15, 0.2) is 0 Å². The molecule has 3 N–H and O–H groups in total. The average molecular weight is 265 g/mol. The number of aliphatic carboxylic acids is 1. The van der Waals surface area contributed by atoms with Gasteiger partial charge in [-0.05, 0) is 30.2 Å². The molecule has 1 aliphatic rings. The molecule has 1 fully saturated rings. The van der Waals surface area contributed by atoms with Crippen LogP contribution in [0.25, 0.3) is 10.9 Å². The minimum absolute atomic E-state index is 0.0660. The van der Waals surface area contributed by atoms with Crippen molar-refractivity contribution in [2.45, 2.75) is 12.5 Å². The predicted molar refractivity (Wildman–Crippen MR) is 69.8 cm³/mol. The van der Waals surface area contributed by atoms with Crippen molar-refractivity contribution >= 4 is 28.5 Å². The quantitative estimate of drug-likeness (QED) is 0.781. The van der Waals surface area contributed by atoms with Gasteiger partial charge in [0.2, 0.25) is 0 Å². The first-order chi connectivity index (χ1) is 8.65. The molecule has 94 valence electrons. The highest BCUT2D eigenvalue weighted by Crippen LogP contribution is 2.32. The van der Waals surface area contributed by atoms with Gasteiger partial charge in [0, 0.05) is 29.7 Å². The van der Waals surface area contributed by atoms with Crippen LogP contribution in [-0.2, 0) is 4.79 Å². The summed E-state index contributed by atoms with van der Waals surface area (Å²) in [5.41, 5.74) is 2.02. The standard InChI is InChI=1S/C13H13ClN2O2/c14-10-3-7(4-12-9(10)1-2-15-12)11-5-8(6-16-11)13(17)18/h1-4,8,11,15-16H,5-6H2,(H,17,18). The molecule has 0 spiro atoms.